The molecule has 3 heteroatoms. The van der Waals surface area contributed by atoms with Gasteiger partial charge in [-0.2, -0.15) is 0 Å². The molecule has 1 aliphatic rings. The summed E-state index contributed by atoms with van der Waals surface area (Å²) in [4.78, 5) is 0.367. The van der Waals surface area contributed by atoms with Crippen LogP contribution in [0.4, 0.5) is 0 Å². The van der Waals surface area contributed by atoms with Crippen LogP contribution >= 0.6 is 27.5 Å². The average molecular weight is 332 g/mol. The lowest BCUT2D eigenvalue weighted by atomic mass is 10.0. The Kier molecular flexibility index (Phi) is 7.74. The van der Waals surface area contributed by atoms with Crippen molar-refractivity contribution in [3.8, 4) is 12.3 Å². The predicted molar refractivity (Wildman–Crippen MR) is 82.3 cm³/mol. The van der Waals surface area contributed by atoms with Gasteiger partial charge in [-0.1, -0.05) is 47.0 Å². The second-order valence-electron chi connectivity index (χ2n) is 4.40. The van der Waals surface area contributed by atoms with Crippen LogP contribution in [0, 0.1) is 12.3 Å². The molecule has 1 nitrogen and oxygen atoms in total. The van der Waals surface area contributed by atoms with Crippen LogP contribution in [0.1, 0.15) is 32.6 Å². The Bertz CT molecular complexity index is 332. The first-order valence-corrected chi connectivity index (χ1v) is 7.74. The molecule has 4 atom stereocenters. The lowest BCUT2D eigenvalue weighted by Crippen LogP contribution is -2.34. The normalized spacial score (nSPS) is 32.4. The molecule has 0 aliphatic carbocycles. The number of halogens is 2. The molecule has 1 rings (SSSR count). The molecule has 0 aromatic carbocycles. The van der Waals surface area contributed by atoms with Crippen LogP contribution in [-0.2, 0) is 4.74 Å². The van der Waals surface area contributed by atoms with E-state index in [1.165, 1.54) is 0 Å². The highest BCUT2D eigenvalue weighted by molar-refractivity contribution is 9.09. The van der Waals surface area contributed by atoms with Gasteiger partial charge in [0.2, 0.25) is 0 Å². The highest BCUT2D eigenvalue weighted by atomic mass is 79.9. The van der Waals surface area contributed by atoms with Crippen molar-refractivity contribution >= 4 is 27.5 Å². The minimum absolute atomic E-state index is 0.0360. The third-order valence-electron chi connectivity index (χ3n) is 3.03. The summed E-state index contributed by atoms with van der Waals surface area (Å²) in [5, 5.41) is -0.0360. The summed E-state index contributed by atoms with van der Waals surface area (Å²) < 4.78 is 6.13. The van der Waals surface area contributed by atoms with Crippen molar-refractivity contribution in [2.45, 2.75) is 55.0 Å². The molecule has 18 heavy (non-hydrogen) atoms. The largest absolute Gasteiger partial charge is 0.372 e. The van der Waals surface area contributed by atoms with E-state index >= 15 is 0 Å². The fraction of sp³-hybridized carbons (Fsp3) is 0.600. The highest BCUT2D eigenvalue weighted by Gasteiger charge is 2.26. The Morgan fingerprint density at radius 2 is 2.28 bits per heavy atom. The van der Waals surface area contributed by atoms with Gasteiger partial charge in [-0.3, -0.25) is 0 Å². The van der Waals surface area contributed by atoms with Crippen LogP contribution in [0.25, 0.3) is 0 Å². The number of allylic oxidation sites excluding steroid dienone is 3. The smallest absolute Gasteiger partial charge is 0.0780 e. The van der Waals surface area contributed by atoms with Crippen LogP contribution in [0.3, 0.4) is 0 Å². The van der Waals surface area contributed by atoms with Crippen molar-refractivity contribution in [2.24, 2.45) is 0 Å². The van der Waals surface area contributed by atoms with Crippen molar-refractivity contribution in [2.75, 3.05) is 0 Å². The molecule has 0 saturated carbocycles. The first-order chi connectivity index (χ1) is 8.69. The molecule has 0 fully saturated rings. The summed E-state index contributed by atoms with van der Waals surface area (Å²) in [6.07, 6.45) is 17.0. The van der Waals surface area contributed by atoms with Gasteiger partial charge in [0.25, 0.3) is 0 Å². The summed E-state index contributed by atoms with van der Waals surface area (Å²) in [7, 11) is 0. The minimum atomic E-state index is -0.0360. The van der Waals surface area contributed by atoms with E-state index in [1.54, 1.807) is 6.08 Å². The molecule has 0 radical (unpaired) electrons. The quantitative estimate of drug-likeness (QED) is 0.420. The molecule has 1 heterocycles. The molecule has 0 aromatic rings. The molecule has 0 N–H and O–H groups in total. The first-order valence-electron chi connectivity index (χ1n) is 6.38. The van der Waals surface area contributed by atoms with Crippen LogP contribution < -0.4 is 0 Å². The Morgan fingerprint density at radius 1 is 1.56 bits per heavy atom. The maximum absolute atomic E-state index is 6.40. The van der Waals surface area contributed by atoms with E-state index in [0.29, 0.717) is 4.83 Å². The Labute approximate surface area is 124 Å². The first kappa shape index (κ1) is 15.8. The molecular formula is C15H20BrClO. The molecule has 0 amide bonds. The number of rotatable bonds is 4. The van der Waals surface area contributed by atoms with Crippen LogP contribution in [0.5, 0.6) is 0 Å². The second kappa shape index (κ2) is 8.80. The number of hydrogen-bond donors (Lipinski definition) is 0. The average Bonchev–Trinajstić information content (AvgIpc) is 2.35. The van der Waals surface area contributed by atoms with E-state index in [2.05, 4.69) is 40.9 Å². The number of hydrogen-bond acceptors (Lipinski definition) is 1. The summed E-state index contributed by atoms with van der Waals surface area (Å²) >= 11 is 10.1. The maximum Gasteiger partial charge on any atom is 0.0780 e. The predicted octanol–water partition coefficient (Wildman–Crippen LogP) is 4.45. The maximum atomic E-state index is 6.40. The molecule has 100 valence electrons. The lowest BCUT2D eigenvalue weighted by Gasteiger charge is -2.30. The highest BCUT2D eigenvalue weighted by Crippen LogP contribution is 2.26. The zero-order chi connectivity index (χ0) is 13.4. The summed E-state index contributed by atoms with van der Waals surface area (Å²) in [5.41, 5.74) is 0. The van der Waals surface area contributed by atoms with Gasteiger partial charge < -0.3 is 4.74 Å². The Balaban J connectivity index is 2.62. The van der Waals surface area contributed by atoms with Crippen molar-refractivity contribution < 1.29 is 4.74 Å². The molecule has 0 saturated heterocycles. The summed E-state index contributed by atoms with van der Waals surface area (Å²) in [5.74, 6) is 2.47. The molecule has 0 aromatic heterocycles. The van der Waals surface area contributed by atoms with Gasteiger partial charge in [0.15, 0.2) is 0 Å². The van der Waals surface area contributed by atoms with Gasteiger partial charge >= 0.3 is 0 Å². The molecule has 0 spiro atoms. The van der Waals surface area contributed by atoms with Gasteiger partial charge in [-0.05, 0) is 31.8 Å². The van der Waals surface area contributed by atoms with Crippen LogP contribution in [0.15, 0.2) is 24.3 Å². The molecule has 0 bridgehead atoms. The van der Waals surface area contributed by atoms with Crippen molar-refractivity contribution in [3.05, 3.63) is 24.3 Å². The van der Waals surface area contributed by atoms with E-state index in [9.17, 15) is 0 Å². The van der Waals surface area contributed by atoms with Crippen molar-refractivity contribution in [3.63, 3.8) is 0 Å². The van der Waals surface area contributed by atoms with Gasteiger partial charge in [-0.25, -0.2) is 0 Å². The number of terminal acetylenes is 1. The topological polar surface area (TPSA) is 9.23 Å². The summed E-state index contributed by atoms with van der Waals surface area (Å²) in [6.45, 7) is 2.14. The van der Waals surface area contributed by atoms with E-state index in [4.69, 9.17) is 22.8 Å². The van der Waals surface area contributed by atoms with E-state index < -0.39 is 0 Å². The number of alkyl halides is 2. The SMILES string of the molecule is C#C/C=C/C[C@@H](Cl)C1C/C=C\C[C@@H](Br)[C@@H](CC)O1. The third-order valence-corrected chi connectivity index (χ3v) is 4.45. The summed E-state index contributed by atoms with van der Waals surface area (Å²) in [6, 6.07) is 0. The standard InChI is InChI=1S/C15H20BrClO/c1-3-5-6-10-13(17)15-11-8-7-9-12(16)14(4-2)18-15/h1,5-8,12-15H,4,9-11H2,2H3/b6-5+,8-7-/t12-,13-,14-,15?/m1/s1. The van der Waals surface area contributed by atoms with E-state index in [1.807, 2.05) is 6.08 Å². The second-order valence-corrected chi connectivity index (χ2v) is 6.14. The van der Waals surface area contributed by atoms with Crippen LogP contribution in [-0.4, -0.2) is 22.4 Å². The van der Waals surface area contributed by atoms with Gasteiger partial charge in [-0.15, -0.1) is 18.0 Å². The monoisotopic (exact) mass is 330 g/mol. The fourth-order valence-corrected chi connectivity index (χ4v) is 2.96. The zero-order valence-electron chi connectivity index (χ0n) is 10.7. The van der Waals surface area contributed by atoms with Gasteiger partial charge in [0.1, 0.15) is 0 Å². The van der Waals surface area contributed by atoms with E-state index in [0.717, 1.165) is 25.7 Å². The van der Waals surface area contributed by atoms with Gasteiger partial charge in [0, 0.05) is 4.83 Å². The van der Waals surface area contributed by atoms with Crippen molar-refractivity contribution in [1.82, 2.24) is 0 Å². The third kappa shape index (κ3) is 5.18. The van der Waals surface area contributed by atoms with E-state index in [-0.39, 0.29) is 17.6 Å². The lowest BCUT2D eigenvalue weighted by molar-refractivity contribution is -0.0149. The fourth-order valence-electron chi connectivity index (χ4n) is 1.98. The molecule has 1 unspecified atom stereocenters. The Hall–Kier alpha value is -0.230. The Morgan fingerprint density at radius 3 is 2.94 bits per heavy atom. The minimum Gasteiger partial charge on any atom is -0.372 e. The van der Waals surface area contributed by atoms with Crippen LogP contribution in [0.2, 0.25) is 0 Å². The van der Waals surface area contributed by atoms with Crippen molar-refractivity contribution in [1.29, 1.82) is 0 Å². The molecular weight excluding hydrogens is 312 g/mol. The molecule has 1 aliphatic heterocycles. The zero-order valence-corrected chi connectivity index (χ0v) is 13.0. The number of ether oxygens (including phenoxy) is 1. The van der Waals surface area contributed by atoms with Gasteiger partial charge in [0.05, 0.1) is 17.6 Å².